The Morgan fingerprint density at radius 3 is 2.64 bits per heavy atom. The van der Waals surface area contributed by atoms with Crippen molar-refractivity contribution in [1.29, 1.82) is 0 Å². The average Bonchev–Trinajstić information content (AvgIpc) is 3.19. The fourth-order valence-electron chi connectivity index (χ4n) is 5.03. The van der Waals surface area contributed by atoms with Gasteiger partial charge in [-0.1, -0.05) is 49.4 Å². The number of para-hydroxylation sites is 1. The van der Waals surface area contributed by atoms with Crippen LogP contribution in [0.3, 0.4) is 0 Å². The number of ether oxygens (including phenoxy) is 2. The van der Waals surface area contributed by atoms with Crippen LogP contribution < -0.4 is 0 Å². The summed E-state index contributed by atoms with van der Waals surface area (Å²) in [4.78, 5) is 29.6. The molecule has 1 N–H and O–H groups in total. The predicted molar refractivity (Wildman–Crippen MR) is 139 cm³/mol. The number of benzene rings is 2. The summed E-state index contributed by atoms with van der Waals surface area (Å²) in [7, 11) is 4.93. The fourth-order valence-corrected chi connectivity index (χ4v) is 5.03. The SMILES string of the molecule is COC(=O)N(C)C[C@H]1OCc2ccccc2-c2c(n(C)c3ccccc23)C(=O)N([C@@H](C)CO)C[C@H]1C. The van der Waals surface area contributed by atoms with Crippen molar-refractivity contribution in [3.8, 4) is 11.1 Å². The molecule has 2 amide bonds. The third-order valence-corrected chi connectivity index (χ3v) is 7.17. The van der Waals surface area contributed by atoms with Crippen LogP contribution in [0.15, 0.2) is 48.5 Å². The Hall–Kier alpha value is -3.36. The number of aliphatic hydroxyl groups excluding tert-OH is 1. The molecule has 3 atom stereocenters. The number of nitrogens with zero attached hydrogens (tertiary/aromatic N) is 3. The number of aliphatic hydroxyl groups is 1. The molecule has 192 valence electrons. The Labute approximate surface area is 212 Å². The molecule has 1 aliphatic rings. The van der Waals surface area contributed by atoms with Crippen molar-refractivity contribution in [2.24, 2.45) is 13.0 Å². The maximum absolute atomic E-state index is 14.3. The van der Waals surface area contributed by atoms with Crippen LogP contribution in [0.4, 0.5) is 4.79 Å². The zero-order valence-electron chi connectivity index (χ0n) is 21.6. The number of hydrogen-bond donors (Lipinski definition) is 1. The van der Waals surface area contributed by atoms with Gasteiger partial charge in [-0.3, -0.25) is 4.79 Å². The summed E-state index contributed by atoms with van der Waals surface area (Å²) in [5.41, 5.74) is 4.31. The second kappa shape index (κ2) is 10.7. The van der Waals surface area contributed by atoms with Crippen molar-refractivity contribution in [2.45, 2.75) is 32.6 Å². The van der Waals surface area contributed by atoms with E-state index in [-0.39, 0.29) is 24.5 Å². The van der Waals surface area contributed by atoms with Gasteiger partial charge in [-0.05, 0) is 24.1 Å². The van der Waals surface area contributed by atoms with E-state index >= 15 is 0 Å². The first kappa shape index (κ1) is 25.7. The topological polar surface area (TPSA) is 84.2 Å². The molecule has 0 saturated carbocycles. The van der Waals surface area contributed by atoms with Crippen LogP contribution in [0.5, 0.6) is 0 Å². The molecule has 2 heterocycles. The highest BCUT2D eigenvalue weighted by molar-refractivity contribution is 6.10. The zero-order chi connectivity index (χ0) is 26.0. The molecule has 0 unspecified atom stereocenters. The minimum Gasteiger partial charge on any atom is -0.453 e. The Kier molecular flexibility index (Phi) is 7.66. The van der Waals surface area contributed by atoms with Crippen LogP contribution in [0.1, 0.15) is 29.9 Å². The maximum atomic E-state index is 14.3. The Morgan fingerprint density at radius 1 is 1.22 bits per heavy atom. The summed E-state index contributed by atoms with van der Waals surface area (Å²) < 4.78 is 13.3. The van der Waals surface area contributed by atoms with Gasteiger partial charge in [-0.15, -0.1) is 0 Å². The van der Waals surface area contributed by atoms with E-state index in [2.05, 4.69) is 0 Å². The second-order valence-electron chi connectivity index (χ2n) is 9.62. The van der Waals surface area contributed by atoms with Crippen molar-refractivity contribution in [2.75, 3.05) is 33.9 Å². The fraction of sp³-hybridized carbons (Fsp3) is 0.429. The molecule has 3 aromatic rings. The highest BCUT2D eigenvalue weighted by atomic mass is 16.5. The molecule has 4 rings (SSSR count). The summed E-state index contributed by atoms with van der Waals surface area (Å²) in [5, 5.41) is 11.1. The average molecular weight is 494 g/mol. The van der Waals surface area contributed by atoms with E-state index in [1.807, 2.05) is 74.0 Å². The number of aromatic nitrogens is 1. The van der Waals surface area contributed by atoms with Crippen molar-refractivity contribution in [3.05, 3.63) is 59.8 Å². The summed E-state index contributed by atoms with van der Waals surface area (Å²) in [5.74, 6) is -0.271. The lowest BCUT2D eigenvalue weighted by Gasteiger charge is -2.34. The van der Waals surface area contributed by atoms with Gasteiger partial charge >= 0.3 is 6.09 Å². The van der Waals surface area contributed by atoms with Gasteiger partial charge in [0.1, 0.15) is 5.69 Å². The molecule has 36 heavy (non-hydrogen) atoms. The van der Waals surface area contributed by atoms with Crippen LogP contribution in [0.2, 0.25) is 0 Å². The van der Waals surface area contributed by atoms with Crippen molar-refractivity contribution >= 4 is 22.9 Å². The van der Waals surface area contributed by atoms with E-state index < -0.39 is 12.1 Å². The maximum Gasteiger partial charge on any atom is 0.409 e. The molecule has 0 saturated heterocycles. The zero-order valence-corrected chi connectivity index (χ0v) is 21.6. The van der Waals surface area contributed by atoms with Gasteiger partial charge in [0, 0.05) is 43.0 Å². The van der Waals surface area contributed by atoms with Gasteiger partial charge < -0.3 is 28.9 Å². The molecule has 0 radical (unpaired) electrons. The van der Waals surface area contributed by atoms with Crippen molar-refractivity contribution in [3.63, 3.8) is 0 Å². The molecule has 0 spiro atoms. The van der Waals surface area contributed by atoms with Gasteiger partial charge in [-0.2, -0.15) is 0 Å². The Balaban J connectivity index is 1.90. The first-order valence-electron chi connectivity index (χ1n) is 12.3. The quantitative estimate of drug-likeness (QED) is 0.596. The molecule has 1 aromatic heterocycles. The number of amides is 2. The summed E-state index contributed by atoms with van der Waals surface area (Å²) in [6.45, 7) is 4.68. The van der Waals surface area contributed by atoms with E-state index in [9.17, 15) is 14.7 Å². The van der Waals surface area contributed by atoms with Gasteiger partial charge in [0.15, 0.2) is 0 Å². The number of carbonyl (C=O) groups excluding carboxylic acids is 2. The van der Waals surface area contributed by atoms with Crippen LogP contribution in [0.25, 0.3) is 22.0 Å². The largest absolute Gasteiger partial charge is 0.453 e. The van der Waals surface area contributed by atoms with E-state index in [1.54, 1.807) is 11.9 Å². The molecular formula is C28H35N3O5. The molecule has 2 aromatic carbocycles. The number of likely N-dealkylation sites (N-methyl/N-ethyl adjacent to an activating group) is 1. The van der Waals surface area contributed by atoms with Crippen LogP contribution in [0, 0.1) is 5.92 Å². The number of carbonyl (C=O) groups is 2. The van der Waals surface area contributed by atoms with Gasteiger partial charge in [0.25, 0.3) is 5.91 Å². The Morgan fingerprint density at radius 2 is 1.92 bits per heavy atom. The van der Waals surface area contributed by atoms with Crippen LogP contribution >= 0.6 is 0 Å². The summed E-state index contributed by atoms with van der Waals surface area (Å²) in [6.07, 6.45) is -0.808. The lowest BCUT2D eigenvalue weighted by atomic mass is 9.96. The third-order valence-electron chi connectivity index (χ3n) is 7.17. The second-order valence-corrected chi connectivity index (χ2v) is 9.62. The highest BCUT2D eigenvalue weighted by Gasteiger charge is 2.33. The number of hydrogen-bond acceptors (Lipinski definition) is 5. The lowest BCUT2D eigenvalue weighted by Crippen LogP contribution is -2.48. The van der Waals surface area contributed by atoms with Crippen LogP contribution in [-0.2, 0) is 23.1 Å². The molecule has 0 aliphatic carbocycles. The van der Waals surface area contributed by atoms with Gasteiger partial charge in [0.2, 0.25) is 0 Å². The molecule has 0 fully saturated rings. The molecule has 8 heteroatoms. The number of methoxy groups -OCH3 is 1. The van der Waals surface area contributed by atoms with E-state index in [0.717, 1.165) is 27.6 Å². The standard InChI is InChI=1S/C28H35N3O5/c1-18-14-31(19(2)16-32)27(33)26-25(22-12-8-9-13-23(22)30(26)4)21-11-7-6-10-20(21)17-36-24(18)15-29(3)28(34)35-5/h6-13,18-19,24,32H,14-17H2,1-5H3/t18-,19+,24-/m1/s1. The van der Waals surface area contributed by atoms with Gasteiger partial charge in [0.05, 0.1) is 39.0 Å². The van der Waals surface area contributed by atoms with E-state index in [4.69, 9.17) is 9.47 Å². The van der Waals surface area contributed by atoms with Crippen LogP contribution in [-0.4, -0.2) is 77.5 Å². The molecular weight excluding hydrogens is 458 g/mol. The number of fused-ring (bicyclic) bond motifs is 5. The number of rotatable bonds is 4. The van der Waals surface area contributed by atoms with Crippen molar-refractivity contribution in [1.82, 2.24) is 14.4 Å². The first-order valence-corrected chi connectivity index (χ1v) is 12.3. The molecule has 0 bridgehead atoms. The van der Waals surface area contributed by atoms with E-state index in [0.29, 0.717) is 25.4 Å². The minimum atomic E-state index is -0.448. The number of aryl methyl sites for hydroxylation is 1. The highest BCUT2D eigenvalue weighted by Crippen LogP contribution is 2.38. The molecule has 8 nitrogen and oxygen atoms in total. The minimum absolute atomic E-state index is 0.126. The summed E-state index contributed by atoms with van der Waals surface area (Å²) in [6, 6.07) is 15.6. The lowest BCUT2D eigenvalue weighted by molar-refractivity contribution is -0.0220. The van der Waals surface area contributed by atoms with Gasteiger partial charge in [-0.25, -0.2) is 4.79 Å². The van der Waals surface area contributed by atoms with Crippen molar-refractivity contribution < 1.29 is 24.2 Å². The Bertz CT molecular complexity index is 1250. The molecule has 1 aliphatic heterocycles. The predicted octanol–water partition coefficient (Wildman–Crippen LogP) is 3.90. The summed E-state index contributed by atoms with van der Waals surface area (Å²) >= 11 is 0. The van der Waals surface area contributed by atoms with E-state index in [1.165, 1.54) is 12.0 Å². The smallest absolute Gasteiger partial charge is 0.409 e. The monoisotopic (exact) mass is 493 g/mol. The first-order chi connectivity index (χ1) is 17.3. The normalized spacial score (nSPS) is 19.3. The third kappa shape index (κ3) is 4.70.